The van der Waals surface area contributed by atoms with Gasteiger partial charge in [-0.25, -0.2) is 14.2 Å². The van der Waals surface area contributed by atoms with Crippen LogP contribution in [0.4, 0.5) is 10.1 Å². The standard InChI is InChI=1S/C17H11FN2O4/c18-12-7-3-1-5-10(12)15-20-14(17(23)24-15)9-19-13-8-4-2-6-11(13)16(21)22/h1-9,23H,(H,21,22)/p-1. The van der Waals surface area contributed by atoms with E-state index < -0.39 is 17.7 Å². The normalized spacial score (nSPS) is 11.0. The van der Waals surface area contributed by atoms with Crippen molar-refractivity contribution in [3.63, 3.8) is 0 Å². The van der Waals surface area contributed by atoms with Gasteiger partial charge in [-0.05, 0) is 24.3 Å². The number of benzene rings is 2. The van der Waals surface area contributed by atoms with Crippen LogP contribution in [0.5, 0.6) is 5.95 Å². The van der Waals surface area contributed by atoms with Crippen LogP contribution in [0.1, 0.15) is 16.1 Å². The van der Waals surface area contributed by atoms with Gasteiger partial charge in [0, 0.05) is 5.56 Å². The molecule has 0 atom stereocenters. The van der Waals surface area contributed by atoms with Gasteiger partial charge in [-0.2, -0.15) is 0 Å². The molecule has 0 radical (unpaired) electrons. The van der Waals surface area contributed by atoms with Crippen LogP contribution in [0.3, 0.4) is 0 Å². The number of rotatable bonds is 4. The average Bonchev–Trinajstić information content (AvgIpc) is 2.94. The fourth-order valence-electron chi connectivity index (χ4n) is 2.05. The van der Waals surface area contributed by atoms with E-state index in [9.17, 15) is 14.3 Å². The largest absolute Gasteiger partial charge is 0.562 e. The summed E-state index contributed by atoms with van der Waals surface area (Å²) in [5.41, 5.74) is 0.0625. The van der Waals surface area contributed by atoms with E-state index in [1.54, 1.807) is 18.2 Å². The highest BCUT2D eigenvalue weighted by atomic mass is 19.1. The molecule has 0 unspecified atom stereocenters. The molecule has 0 fully saturated rings. The average molecular weight is 325 g/mol. The summed E-state index contributed by atoms with van der Waals surface area (Å²) >= 11 is 0. The molecule has 6 nitrogen and oxygen atoms in total. The Morgan fingerprint density at radius 2 is 1.92 bits per heavy atom. The quantitative estimate of drug-likeness (QED) is 0.743. The van der Waals surface area contributed by atoms with E-state index in [0.29, 0.717) is 0 Å². The Kier molecular flexibility index (Phi) is 4.07. The van der Waals surface area contributed by atoms with Crippen molar-refractivity contribution in [2.75, 3.05) is 0 Å². The summed E-state index contributed by atoms with van der Waals surface area (Å²) in [5, 5.41) is 20.9. The molecule has 7 heteroatoms. The minimum Gasteiger partial charge on any atom is -0.562 e. The number of hydrogen-bond donors (Lipinski definition) is 1. The minimum atomic E-state index is -1.14. The van der Waals surface area contributed by atoms with Crippen molar-refractivity contribution in [1.29, 1.82) is 0 Å². The molecule has 0 aliphatic rings. The molecule has 120 valence electrons. The molecular formula is C17H10FN2O4-. The molecule has 1 heterocycles. The van der Waals surface area contributed by atoms with Crippen LogP contribution >= 0.6 is 0 Å². The summed E-state index contributed by atoms with van der Waals surface area (Å²) in [6, 6.07) is 11.8. The maximum absolute atomic E-state index is 13.7. The minimum absolute atomic E-state index is 0.0148. The van der Waals surface area contributed by atoms with E-state index in [2.05, 4.69) is 9.98 Å². The summed E-state index contributed by atoms with van der Waals surface area (Å²) in [6.07, 6.45) is 1.10. The first-order chi connectivity index (χ1) is 11.6. The second kappa shape index (κ2) is 6.33. The number of halogens is 1. The molecule has 0 saturated carbocycles. The lowest BCUT2D eigenvalue weighted by Crippen LogP contribution is -1.97. The van der Waals surface area contributed by atoms with Crippen molar-refractivity contribution in [2.45, 2.75) is 0 Å². The van der Waals surface area contributed by atoms with E-state index in [1.165, 1.54) is 30.3 Å². The van der Waals surface area contributed by atoms with E-state index in [1.807, 2.05) is 0 Å². The topological polar surface area (TPSA) is 98.8 Å². The Hall–Kier alpha value is -3.48. The number of para-hydroxylation sites is 1. The van der Waals surface area contributed by atoms with Crippen molar-refractivity contribution < 1.29 is 23.8 Å². The second-order valence-corrected chi connectivity index (χ2v) is 4.75. The Labute approximate surface area is 135 Å². The zero-order valence-corrected chi connectivity index (χ0v) is 12.1. The highest BCUT2D eigenvalue weighted by Crippen LogP contribution is 2.26. The third-order valence-electron chi connectivity index (χ3n) is 3.19. The Morgan fingerprint density at radius 3 is 2.67 bits per heavy atom. The molecule has 0 aliphatic carbocycles. The molecule has 0 aliphatic heterocycles. The van der Waals surface area contributed by atoms with Gasteiger partial charge in [-0.15, -0.1) is 0 Å². The van der Waals surface area contributed by atoms with Crippen molar-refractivity contribution in [3.05, 3.63) is 65.6 Å². The SMILES string of the molecule is O=C(O)c1ccccc1N=Cc1nc(-c2ccccc2F)oc1[O-]. The maximum Gasteiger partial charge on any atom is 0.337 e. The summed E-state index contributed by atoms with van der Waals surface area (Å²) in [4.78, 5) is 19.0. The number of aromatic carboxylic acids is 1. The van der Waals surface area contributed by atoms with Gasteiger partial charge in [0.15, 0.2) is 0 Å². The van der Waals surface area contributed by atoms with Crippen LogP contribution in [-0.4, -0.2) is 22.3 Å². The zero-order chi connectivity index (χ0) is 17.1. The lowest BCUT2D eigenvalue weighted by atomic mass is 10.2. The van der Waals surface area contributed by atoms with Gasteiger partial charge in [-0.3, -0.25) is 4.99 Å². The summed E-state index contributed by atoms with van der Waals surface area (Å²) in [6.45, 7) is 0. The summed E-state index contributed by atoms with van der Waals surface area (Å²) < 4.78 is 18.6. The first kappa shape index (κ1) is 15.4. The van der Waals surface area contributed by atoms with Crippen molar-refractivity contribution >= 4 is 17.9 Å². The third kappa shape index (κ3) is 3.00. The van der Waals surface area contributed by atoms with Gasteiger partial charge in [0.2, 0.25) is 0 Å². The Bertz CT molecular complexity index is 934. The van der Waals surface area contributed by atoms with Gasteiger partial charge in [0.1, 0.15) is 17.4 Å². The van der Waals surface area contributed by atoms with Crippen LogP contribution in [0.25, 0.3) is 11.5 Å². The number of carboxylic acids is 1. The third-order valence-corrected chi connectivity index (χ3v) is 3.19. The molecule has 3 aromatic rings. The van der Waals surface area contributed by atoms with Gasteiger partial charge in [-0.1, -0.05) is 24.3 Å². The van der Waals surface area contributed by atoms with Gasteiger partial charge in [0.25, 0.3) is 0 Å². The Balaban J connectivity index is 1.95. The fraction of sp³-hybridized carbons (Fsp3) is 0. The van der Waals surface area contributed by atoms with Crippen LogP contribution in [-0.2, 0) is 0 Å². The highest BCUT2D eigenvalue weighted by molar-refractivity contribution is 5.95. The van der Waals surface area contributed by atoms with Crippen molar-refractivity contribution in [1.82, 2.24) is 4.98 Å². The number of hydrogen-bond acceptors (Lipinski definition) is 5. The lowest BCUT2D eigenvalue weighted by molar-refractivity contribution is -0.293. The number of carboxylic acid groups (broad SMARTS) is 1. The van der Waals surface area contributed by atoms with Gasteiger partial charge in [0.05, 0.1) is 23.4 Å². The number of oxazole rings is 1. The number of aliphatic imine (C=N–C) groups is 1. The molecule has 2 aromatic carbocycles. The summed E-state index contributed by atoms with van der Waals surface area (Å²) in [7, 11) is 0. The predicted octanol–water partition coefficient (Wildman–Crippen LogP) is 3.00. The van der Waals surface area contributed by atoms with E-state index in [4.69, 9.17) is 9.52 Å². The van der Waals surface area contributed by atoms with Crippen LogP contribution < -0.4 is 5.11 Å². The van der Waals surface area contributed by atoms with E-state index >= 15 is 0 Å². The monoisotopic (exact) mass is 325 g/mol. The number of carbonyl (C=O) groups is 1. The molecule has 1 N–H and O–H groups in total. The number of aromatic nitrogens is 1. The molecule has 3 rings (SSSR count). The lowest BCUT2D eigenvalue weighted by Gasteiger charge is -2.00. The molecule has 0 amide bonds. The molecular weight excluding hydrogens is 315 g/mol. The second-order valence-electron chi connectivity index (χ2n) is 4.75. The van der Waals surface area contributed by atoms with Crippen LogP contribution in [0, 0.1) is 5.82 Å². The zero-order valence-electron chi connectivity index (χ0n) is 12.1. The first-order valence-electron chi connectivity index (χ1n) is 6.85. The predicted molar refractivity (Wildman–Crippen MR) is 82.0 cm³/mol. The van der Waals surface area contributed by atoms with E-state index in [-0.39, 0.29) is 28.4 Å². The molecule has 0 spiro atoms. The summed E-state index contributed by atoms with van der Waals surface area (Å²) in [5.74, 6) is -2.66. The van der Waals surface area contributed by atoms with Crippen molar-refractivity contribution in [3.8, 4) is 17.4 Å². The fourth-order valence-corrected chi connectivity index (χ4v) is 2.05. The van der Waals surface area contributed by atoms with Crippen LogP contribution in [0.2, 0.25) is 0 Å². The molecule has 24 heavy (non-hydrogen) atoms. The highest BCUT2D eigenvalue weighted by Gasteiger charge is 2.10. The smallest absolute Gasteiger partial charge is 0.337 e. The Morgan fingerprint density at radius 1 is 1.21 bits per heavy atom. The van der Waals surface area contributed by atoms with E-state index in [0.717, 1.165) is 6.21 Å². The first-order valence-corrected chi connectivity index (χ1v) is 6.85. The molecule has 0 bridgehead atoms. The van der Waals surface area contributed by atoms with Crippen LogP contribution in [0.15, 0.2) is 57.9 Å². The molecule has 0 saturated heterocycles. The van der Waals surface area contributed by atoms with Gasteiger partial charge < -0.3 is 14.6 Å². The molecule has 1 aromatic heterocycles. The van der Waals surface area contributed by atoms with Crippen molar-refractivity contribution in [2.24, 2.45) is 4.99 Å². The van der Waals surface area contributed by atoms with Gasteiger partial charge >= 0.3 is 5.97 Å². The number of nitrogens with zero attached hydrogens (tertiary/aromatic N) is 2. The maximum atomic E-state index is 13.7.